The molecule has 0 amide bonds. The van der Waals surface area contributed by atoms with E-state index in [0.717, 1.165) is 19.8 Å². The zero-order chi connectivity index (χ0) is 12.5. The van der Waals surface area contributed by atoms with Gasteiger partial charge in [-0.25, -0.2) is 8.78 Å². The van der Waals surface area contributed by atoms with Gasteiger partial charge in [-0.1, -0.05) is 0 Å². The highest BCUT2D eigenvalue weighted by molar-refractivity contribution is 5.78. The Hall–Kier alpha value is -1.26. The summed E-state index contributed by atoms with van der Waals surface area (Å²) in [6, 6.07) is 0.307. The summed E-state index contributed by atoms with van der Waals surface area (Å²) in [5, 5.41) is 3.45. The summed E-state index contributed by atoms with van der Waals surface area (Å²) >= 11 is 0. The van der Waals surface area contributed by atoms with E-state index in [1.807, 2.05) is 12.3 Å². The highest BCUT2D eigenvalue weighted by Crippen LogP contribution is 2.66. The normalized spacial score (nSPS) is 38.6. The number of dihydropyridines is 1. The predicted molar refractivity (Wildman–Crippen MR) is 70.2 cm³/mol. The highest BCUT2D eigenvalue weighted by atomic mass is 19.3. The second kappa shape index (κ2) is 3.64. The zero-order valence-electron chi connectivity index (χ0n) is 10.7. The summed E-state index contributed by atoms with van der Waals surface area (Å²) in [6.45, 7) is 1.06. The van der Waals surface area contributed by atoms with Crippen LogP contribution < -0.4 is 5.32 Å². The van der Waals surface area contributed by atoms with E-state index in [4.69, 9.17) is 0 Å². The van der Waals surface area contributed by atoms with Crippen LogP contribution in [-0.4, -0.2) is 18.2 Å². The Kier molecular flexibility index (Phi) is 2.45. The lowest BCUT2D eigenvalue weighted by molar-refractivity contribution is -0.0450. The maximum Gasteiger partial charge on any atom is 0.248 e. The van der Waals surface area contributed by atoms with E-state index in [9.17, 15) is 8.78 Å². The van der Waals surface area contributed by atoms with Crippen molar-refractivity contribution in [2.75, 3.05) is 0 Å². The first kappa shape index (κ1) is 12.8. The van der Waals surface area contributed by atoms with Gasteiger partial charge in [0.1, 0.15) is 0 Å². The highest BCUT2D eigenvalue weighted by Gasteiger charge is 2.64. The number of halogens is 3. The Labute approximate surface area is 111 Å². The van der Waals surface area contributed by atoms with E-state index in [2.05, 4.69) is 10.3 Å². The summed E-state index contributed by atoms with van der Waals surface area (Å²) in [5.74, 6) is -3.07. The van der Waals surface area contributed by atoms with Crippen LogP contribution >= 0.6 is 0 Å². The van der Waals surface area contributed by atoms with Crippen LogP contribution in [0.2, 0.25) is 0 Å². The number of alkyl halides is 2. The molecule has 1 N–H and O–H groups in total. The van der Waals surface area contributed by atoms with Gasteiger partial charge in [0.2, 0.25) is 5.92 Å². The molecule has 0 radical (unpaired) electrons. The van der Waals surface area contributed by atoms with Crippen LogP contribution in [0.25, 0.3) is 0 Å². The minimum Gasteiger partial charge on any atom is -0.361 e. The number of allylic oxidation sites excluding steroid dienone is 2. The van der Waals surface area contributed by atoms with E-state index in [-0.39, 0.29) is 11.5 Å². The average molecular weight is 272 g/mol. The van der Waals surface area contributed by atoms with Gasteiger partial charge in [-0.15, -0.1) is 0 Å². The minimum atomic E-state index is -2.57. The fourth-order valence-electron chi connectivity index (χ4n) is 3.85. The molecule has 106 valence electrons. The van der Waals surface area contributed by atoms with Crippen molar-refractivity contribution in [3.8, 4) is 0 Å². The van der Waals surface area contributed by atoms with Crippen molar-refractivity contribution in [3.05, 3.63) is 23.0 Å². The molecule has 0 saturated heterocycles. The maximum atomic E-state index is 13.5. The lowest BCUT2D eigenvalue weighted by Gasteiger charge is -2.30. The van der Waals surface area contributed by atoms with Crippen LogP contribution in [0.4, 0.5) is 13.5 Å². The van der Waals surface area contributed by atoms with Crippen molar-refractivity contribution in [2.45, 2.75) is 44.6 Å². The number of rotatable bonds is 1. The van der Waals surface area contributed by atoms with Crippen molar-refractivity contribution < 1.29 is 14.9 Å². The van der Waals surface area contributed by atoms with Gasteiger partial charge in [-0.2, -0.15) is 0 Å². The fraction of sp³-hybridized carbons (Fsp3) is 0.643. The quantitative estimate of drug-likeness (QED) is 0.777. The molecule has 5 heteroatoms. The van der Waals surface area contributed by atoms with E-state index in [1.54, 1.807) is 0 Å². The van der Waals surface area contributed by atoms with Crippen molar-refractivity contribution in [2.24, 2.45) is 16.3 Å². The summed E-state index contributed by atoms with van der Waals surface area (Å²) in [4.78, 5) is 4.45. The molecule has 0 aromatic heterocycles. The predicted octanol–water partition coefficient (Wildman–Crippen LogP) is 3.42. The molecule has 19 heavy (non-hydrogen) atoms. The largest absolute Gasteiger partial charge is 0.361 e. The Morgan fingerprint density at radius 3 is 3.05 bits per heavy atom. The number of nitrogens with one attached hydrogen (secondary N) is 1. The van der Waals surface area contributed by atoms with Gasteiger partial charge in [-0.05, 0) is 44.3 Å². The summed E-state index contributed by atoms with van der Waals surface area (Å²) in [6.07, 6.45) is 6.75. The summed E-state index contributed by atoms with van der Waals surface area (Å²) < 4.78 is 27.1. The minimum absolute atomic E-state index is 0. The average Bonchev–Trinajstić information content (AvgIpc) is 2.96. The van der Waals surface area contributed by atoms with Gasteiger partial charge in [0.05, 0.1) is 11.5 Å². The van der Waals surface area contributed by atoms with Gasteiger partial charge in [0.25, 0.3) is 0 Å². The Balaban J connectivity index is 0.000000735. The lowest BCUT2D eigenvalue weighted by Crippen LogP contribution is -2.28. The van der Waals surface area contributed by atoms with Crippen LogP contribution in [0.5, 0.6) is 0 Å². The monoisotopic (exact) mass is 272 g/mol. The van der Waals surface area contributed by atoms with Gasteiger partial charge >= 0.3 is 0 Å². The molecule has 0 bridgehead atoms. The maximum absolute atomic E-state index is 13.5. The zero-order valence-corrected chi connectivity index (χ0v) is 10.7. The van der Waals surface area contributed by atoms with Gasteiger partial charge < -0.3 is 5.32 Å². The number of hydrogen-bond donors (Lipinski definition) is 1. The molecular formula is C14H19F3N2. The molecule has 2 aliphatic heterocycles. The molecule has 4 rings (SSSR count). The second-order valence-electron chi connectivity index (χ2n) is 6.05. The molecule has 3 unspecified atom stereocenters. The first-order valence-electron chi connectivity index (χ1n) is 6.63. The molecule has 3 atom stereocenters. The summed E-state index contributed by atoms with van der Waals surface area (Å²) in [5.41, 5.74) is 3.63. The van der Waals surface area contributed by atoms with Crippen molar-refractivity contribution >= 4 is 6.21 Å². The molecule has 4 aliphatic rings. The molecule has 2 nitrogen and oxygen atoms in total. The third-order valence-corrected chi connectivity index (χ3v) is 5.01. The molecule has 0 aromatic rings. The van der Waals surface area contributed by atoms with Crippen LogP contribution in [0.1, 0.15) is 34.0 Å². The number of nitrogens with zero attached hydrogens (tertiary/aromatic N) is 1. The van der Waals surface area contributed by atoms with Gasteiger partial charge in [0, 0.05) is 25.0 Å². The third-order valence-electron chi connectivity index (χ3n) is 5.01. The van der Waals surface area contributed by atoms with Crippen LogP contribution in [-0.2, 0) is 0 Å². The smallest absolute Gasteiger partial charge is 0.248 e. The van der Waals surface area contributed by atoms with E-state index >= 15 is 0 Å². The first-order chi connectivity index (χ1) is 8.52. The molecular weight excluding hydrogens is 253 g/mol. The molecule has 1 spiro atoms. The van der Waals surface area contributed by atoms with Gasteiger partial charge in [-0.3, -0.25) is 9.70 Å². The molecule has 1 fully saturated rings. The van der Waals surface area contributed by atoms with Crippen molar-refractivity contribution in [1.82, 2.24) is 5.32 Å². The summed E-state index contributed by atoms with van der Waals surface area (Å²) in [7, 11) is 0. The van der Waals surface area contributed by atoms with Crippen LogP contribution in [0.3, 0.4) is 0 Å². The Bertz CT molecular complexity index is 521. The topological polar surface area (TPSA) is 24.4 Å². The fourth-order valence-corrected chi connectivity index (χ4v) is 3.85. The van der Waals surface area contributed by atoms with E-state index in [0.29, 0.717) is 18.9 Å². The van der Waals surface area contributed by atoms with Gasteiger partial charge in [0.15, 0.2) is 0 Å². The number of hydrogen-bond acceptors (Lipinski definition) is 2. The molecule has 0 aromatic carbocycles. The molecule has 2 heterocycles. The second-order valence-corrected chi connectivity index (χ2v) is 6.05. The Morgan fingerprint density at radius 2 is 2.32 bits per heavy atom. The number of aliphatic imine (C=N–C) groups is 1. The van der Waals surface area contributed by atoms with E-state index in [1.165, 1.54) is 17.0 Å². The van der Waals surface area contributed by atoms with Crippen LogP contribution in [0.15, 0.2) is 28.0 Å². The van der Waals surface area contributed by atoms with Crippen LogP contribution in [0, 0.1) is 11.3 Å². The SMILES string of the molecule is CC(F)(F)C1CCC2=C(C1)C13CC1N=CC=C3N2.F.[HH]. The van der Waals surface area contributed by atoms with Crippen molar-refractivity contribution in [3.63, 3.8) is 0 Å². The standard InChI is InChI=1S/C14H16F2N2.FH.H2/c1-13(15,16)8-2-3-10-9(6-8)14-7-12(14)17-5-4-11(14)18-10;;/h4-5,8,12,18H,2-3,6-7H2,1H3;2*1H. The van der Waals surface area contributed by atoms with Crippen molar-refractivity contribution in [1.29, 1.82) is 0 Å². The first-order valence-corrected chi connectivity index (χ1v) is 6.63. The van der Waals surface area contributed by atoms with E-state index < -0.39 is 11.8 Å². The lowest BCUT2D eigenvalue weighted by atomic mass is 9.78. The Morgan fingerprint density at radius 1 is 1.53 bits per heavy atom. The molecule has 1 saturated carbocycles. The third kappa shape index (κ3) is 1.53. The molecule has 2 aliphatic carbocycles.